The second-order valence-corrected chi connectivity index (χ2v) is 2.96. The van der Waals surface area contributed by atoms with Crippen LogP contribution in [0.15, 0.2) is 18.2 Å². The Balaban J connectivity index is 0.00000225. The van der Waals surface area contributed by atoms with Gasteiger partial charge in [0.25, 0.3) is 0 Å². The van der Waals surface area contributed by atoms with Gasteiger partial charge in [-0.3, -0.25) is 4.79 Å². The fourth-order valence-corrected chi connectivity index (χ4v) is 1.15. The standard InChI is InChI=1S/C10H13NO4.ClH/c1-14-7-3-6(9(11)10(12)13)4-8(5-7)15-2;/h3-5,9H,11H2,1-2H3,(H,12,13);1H. The second-order valence-electron chi connectivity index (χ2n) is 2.96. The summed E-state index contributed by atoms with van der Waals surface area (Å²) in [6.45, 7) is 0. The van der Waals surface area contributed by atoms with Crippen LogP contribution < -0.4 is 15.2 Å². The average molecular weight is 248 g/mol. The number of rotatable bonds is 4. The number of aliphatic carboxylic acids is 1. The number of halogens is 1. The first-order valence-electron chi connectivity index (χ1n) is 4.30. The second kappa shape index (κ2) is 6.19. The molecule has 0 saturated carbocycles. The topological polar surface area (TPSA) is 81.8 Å². The molecule has 0 aliphatic heterocycles. The van der Waals surface area contributed by atoms with E-state index in [1.54, 1.807) is 18.2 Å². The number of methoxy groups -OCH3 is 2. The molecule has 90 valence electrons. The molecule has 1 unspecified atom stereocenters. The van der Waals surface area contributed by atoms with Crippen molar-refractivity contribution in [3.05, 3.63) is 23.8 Å². The Hall–Kier alpha value is -1.46. The summed E-state index contributed by atoms with van der Waals surface area (Å²) in [7, 11) is 2.98. The van der Waals surface area contributed by atoms with Crippen LogP contribution in [-0.4, -0.2) is 25.3 Å². The van der Waals surface area contributed by atoms with Gasteiger partial charge < -0.3 is 20.3 Å². The van der Waals surface area contributed by atoms with Gasteiger partial charge in [-0.15, -0.1) is 12.4 Å². The Morgan fingerprint density at radius 2 is 1.69 bits per heavy atom. The average Bonchev–Trinajstić information content (AvgIpc) is 2.27. The highest BCUT2D eigenvalue weighted by Crippen LogP contribution is 2.25. The molecule has 1 aromatic rings. The number of carboxylic acids is 1. The van der Waals surface area contributed by atoms with Crippen LogP contribution in [0.3, 0.4) is 0 Å². The summed E-state index contributed by atoms with van der Waals surface area (Å²) in [4.78, 5) is 10.7. The number of benzene rings is 1. The van der Waals surface area contributed by atoms with Gasteiger partial charge in [-0.1, -0.05) is 0 Å². The monoisotopic (exact) mass is 247 g/mol. The third-order valence-corrected chi connectivity index (χ3v) is 2.00. The number of carbonyl (C=O) groups is 1. The molecule has 1 rings (SSSR count). The van der Waals surface area contributed by atoms with Gasteiger partial charge in [-0.25, -0.2) is 0 Å². The van der Waals surface area contributed by atoms with Crippen molar-refractivity contribution < 1.29 is 19.4 Å². The largest absolute Gasteiger partial charge is 0.497 e. The van der Waals surface area contributed by atoms with Crippen LogP contribution in [-0.2, 0) is 4.79 Å². The highest BCUT2D eigenvalue weighted by atomic mass is 35.5. The predicted molar refractivity (Wildman–Crippen MR) is 61.4 cm³/mol. The summed E-state index contributed by atoms with van der Waals surface area (Å²) in [6, 6.07) is 3.72. The minimum atomic E-state index is -1.09. The maximum Gasteiger partial charge on any atom is 0.325 e. The van der Waals surface area contributed by atoms with E-state index in [4.69, 9.17) is 20.3 Å². The summed E-state index contributed by atoms with van der Waals surface area (Å²) in [5.41, 5.74) is 5.92. The van der Waals surface area contributed by atoms with Gasteiger partial charge in [0.15, 0.2) is 0 Å². The molecule has 0 bridgehead atoms. The molecule has 0 saturated heterocycles. The number of carboxylic acid groups (broad SMARTS) is 1. The summed E-state index contributed by atoms with van der Waals surface area (Å²) < 4.78 is 10.00. The molecule has 0 aliphatic carbocycles. The van der Waals surface area contributed by atoms with Gasteiger partial charge in [0, 0.05) is 6.07 Å². The fourth-order valence-electron chi connectivity index (χ4n) is 1.15. The van der Waals surface area contributed by atoms with Gasteiger partial charge in [0.2, 0.25) is 0 Å². The molecule has 6 heteroatoms. The zero-order valence-electron chi connectivity index (χ0n) is 8.97. The minimum absolute atomic E-state index is 0. The van der Waals surface area contributed by atoms with Crippen molar-refractivity contribution in [3.63, 3.8) is 0 Å². The quantitative estimate of drug-likeness (QED) is 0.836. The molecule has 0 aliphatic rings. The molecule has 0 fully saturated rings. The van der Waals surface area contributed by atoms with Crippen molar-refractivity contribution in [1.82, 2.24) is 0 Å². The van der Waals surface area contributed by atoms with Crippen LogP contribution >= 0.6 is 12.4 Å². The molecule has 0 amide bonds. The van der Waals surface area contributed by atoms with E-state index in [1.165, 1.54) is 14.2 Å². The Kier molecular flexibility index (Phi) is 5.63. The lowest BCUT2D eigenvalue weighted by Gasteiger charge is -2.11. The van der Waals surface area contributed by atoms with E-state index in [2.05, 4.69) is 0 Å². The van der Waals surface area contributed by atoms with Crippen molar-refractivity contribution >= 4 is 18.4 Å². The van der Waals surface area contributed by atoms with E-state index in [9.17, 15) is 4.79 Å². The highest BCUT2D eigenvalue weighted by Gasteiger charge is 2.16. The van der Waals surface area contributed by atoms with Gasteiger partial charge in [0.05, 0.1) is 14.2 Å². The first-order chi connectivity index (χ1) is 7.08. The van der Waals surface area contributed by atoms with Gasteiger partial charge in [0.1, 0.15) is 17.5 Å². The summed E-state index contributed by atoms with van der Waals surface area (Å²) in [5, 5.41) is 8.76. The molecule has 16 heavy (non-hydrogen) atoms. The lowest BCUT2D eigenvalue weighted by Crippen LogP contribution is -2.20. The van der Waals surface area contributed by atoms with E-state index in [0.717, 1.165) is 0 Å². The third-order valence-electron chi connectivity index (χ3n) is 2.00. The summed E-state index contributed by atoms with van der Waals surface area (Å²) in [6.07, 6.45) is 0. The van der Waals surface area contributed by atoms with Crippen LogP contribution in [0.2, 0.25) is 0 Å². The number of ether oxygens (including phenoxy) is 2. The maximum absolute atomic E-state index is 10.7. The minimum Gasteiger partial charge on any atom is -0.497 e. The van der Waals surface area contributed by atoms with Crippen LogP contribution in [0, 0.1) is 0 Å². The summed E-state index contributed by atoms with van der Waals surface area (Å²) >= 11 is 0. The SMILES string of the molecule is COc1cc(OC)cc(C(N)C(=O)O)c1.Cl. The van der Waals surface area contributed by atoms with Crippen LogP contribution in [0.5, 0.6) is 11.5 Å². The molecular formula is C10H14ClNO4. The van der Waals surface area contributed by atoms with E-state index < -0.39 is 12.0 Å². The van der Waals surface area contributed by atoms with Gasteiger partial charge in [-0.05, 0) is 17.7 Å². The number of hydrogen-bond donors (Lipinski definition) is 2. The lowest BCUT2D eigenvalue weighted by molar-refractivity contribution is -0.138. The van der Waals surface area contributed by atoms with E-state index in [1.807, 2.05) is 0 Å². The summed E-state index contributed by atoms with van der Waals surface area (Å²) in [5.74, 6) is -0.0626. The molecular weight excluding hydrogens is 234 g/mol. The molecule has 0 spiro atoms. The molecule has 1 aromatic carbocycles. The number of nitrogens with two attached hydrogens (primary N) is 1. The molecule has 0 aromatic heterocycles. The zero-order chi connectivity index (χ0) is 11.4. The van der Waals surface area contributed by atoms with Crippen LogP contribution in [0.25, 0.3) is 0 Å². The smallest absolute Gasteiger partial charge is 0.325 e. The van der Waals surface area contributed by atoms with E-state index in [-0.39, 0.29) is 12.4 Å². The van der Waals surface area contributed by atoms with E-state index in [0.29, 0.717) is 17.1 Å². The Labute approximate surface area is 99.6 Å². The first-order valence-corrected chi connectivity index (χ1v) is 4.30. The van der Waals surface area contributed by atoms with Crippen LogP contribution in [0.1, 0.15) is 11.6 Å². The Bertz CT molecular complexity index is 348. The Morgan fingerprint density at radius 3 is 2.00 bits per heavy atom. The first kappa shape index (κ1) is 14.5. The van der Waals surface area contributed by atoms with Gasteiger partial charge >= 0.3 is 5.97 Å². The zero-order valence-corrected chi connectivity index (χ0v) is 9.78. The predicted octanol–water partition coefficient (Wildman–Crippen LogP) is 1.21. The van der Waals surface area contributed by atoms with E-state index >= 15 is 0 Å². The normalized spacial score (nSPS) is 11.2. The lowest BCUT2D eigenvalue weighted by atomic mass is 10.1. The van der Waals surface area contributed by atoms with Crippen molar-refractivity contribution in [3.8, 4) is 11.5 Å². The highest BCUT2D eigenvalue weighted by molar-refractivity contribution is 5.85. The maximum atomic E-state index is 10.7. The molecule has 3 N–H and O–H groups in total. The van der Waals surface area contributed by atoms with Crippen molar-refractivity contribution in [2.45, 2.75) is 6.04 Å². The van der Waals surface area contributed by atoms with Gasteiger partial charge in [-0.2, -0.15) is 0 Å². The van der Waals surface area contributed by atoms with Crippen molar-refractivity contribution in [2.75, 3.05) is 14.2 Å². The fraction of sp³-hybridized carbons (Fsp3) is 0.300. The van der Waals surface area contributed by atoms with Crippen molar-refractivity contribution in [2.24, 2.45) is 5.73 Å². The Morgan fingerprint density at radius 1 is 1.25 bits per heavy atom. The van der Waals surface area contributed by atoms with Crippen LogP contribution in [0.4, 0.5) is 0 Å². The number of hydrogen-bond acceptors (Lipinski definition) is 4. The molecule has 0 radical (unpaired) electrons. The molecule has 1 atom stereocenters. The third kappa shape index (κ3) is 3.29. The molecule has 0 heterocycles. The molecule has 5 nitrogen and oxygen atoms in total. The van der Waals surface area contributed by atoms with Crippen molar-refractivity contribution in [1.29, 1.82) is 0 Å².